The Kier molecular flexibility index (Phi) is 3.14. The molecule has 0 fully saturated rings. The van der Waals surface area contributed by atoms with Gasteiger partial charge < -0.3 is 9.47 Å². The number of rotatable bonds is 4. The molecule has 0 saturated carbocycles. The van der Waals surface area contributed by atoms with Crippen LogP contribution < -0.4 is 9.47 Å². The van der Waals surface area contributed by atoms with Gasteiger partial charge in [-0.25, -0.2) is 0 Å². The fourth-order valence-electron chi connectivity index (χ4n) is 2.12. The predicted molar refractivity (Wildman–Crippen MR) is 60.5 cm³/mol. The topological polar surface area (TPSA) is 18.5 Å². The average Bonchev–Trinajstić information content (AvgIpc) is 2.72. The van der Waals surface area contributed by atoms with E-state index in [0.717, 1.165) is 11.5 Å². The highest BCUT2D eigenvalue weighted by atomic mass is 16.7. The van der Waals surface area contributed by atoms with Crippen molar-refractivity contribution in [3.05, 3.63) is 23.8 Å². The van der Waals surface area contributed by atoms with Crippen LogP contribution in [-0.2, 0) is 0 Å². The van der Waals surface area contributed by atoms with Crippen LogP contribution in [0, 0.1) is 0 Å². The van der Waals surface area contributed by atoms with Crippen LogP contribution in [0.4, 0.5) is 0 Å². The first-order valence-corrected chi connectivity index (χ1v) is 5.74. The standard InChI is InChI=1S/C13H18O2/c1-3-5-10(4-2)11-6-7-12-13(8-11)15-9-14-12/h6-8,10H,3-5,9H2,1-2H3. The third kappa shape index (κ3) is 2.09. The first kappa shape index (κ1) is 10.3. The summed E-state index contributed by atoms with van der Waals surface area (Å²) in [4.78, 5) is 0. The molecule has 1 aliphatic rings. The fourth-order valence-corrected chi connectivity index (χ4v) is 2.12. The molecular weight excluding hydrogens is 188 g/mol. The molecule has 1 unspecified atom stereocenters. The SMILES string of the molecule is CCCC(CC)c1ccc2c(c1)OCO2. The second kappa shape index (κ2) is 4.56. The van der Waals surface area contributed by atoms with E-state index in [4.69, 9.17) is 9.47 Å². The number of fused-ring (bicyclic) bond motifs is 1. The second-order valence-electron chi connectivity index (χ2n) is 4.01. The lowest BCUT2D eigenvalue weighted by Gasteiger charge is -2.14. The molecule has 2 rings (SSSR count). The fraction of sp³-hybridized carbons (Fsp3) is 0.538. The van der Waals surface area contributed by atoms with Gasteiger partial charge in [0.25, 0.3) is 0 Å². The third-order valence-corrected chi connectivity index (χ3v) is 3.00. The summed E-state index contributed by atoms with van der Waals surface area (Å²) in [5.74, 6) is 2.44. The smallest absolute Gasteiger partial charge is 0.231 e. The molecule has 0 aromatic heterocycles. The lowest BCUT2D eigenvalue weighted by atomic mass is 9.92. The molecule has 2 heteroatoms. The third-order valence-electron chi connectivity index (χ3n) is 3.00. The van der Waals surface area contributed by atoms with E-state index in [9.17, 15) is 0 Å². The minimum absolute atomic E-state index is 0.364. The Morgan fingerprint density at radius 3 is 2.73 bits per heavy atom. The summed E-state index contributed by atoms with van der Waals surface area (Å²) in [6.07, 6.45) is 3.66. The van der Waals surface area contributed by atoms with Crippen LogP contribution in [-0.4, -0.2) is 6.79 Å². The molecule has 1 aromatic rings. The highest BCUT2D eigenvalue weighted by Crippen LogP contribution is 2.36. The largest absolute Gasteiger partial charge is 0.454 e. The van der Waals surface area contributed by atoms with Gasteiger partial charge in [-0.15, -0.1) is 0 Å². The van der Waals surface area contributed by atoms with E-state index in [2.05, 4.69) is 26.0 Å². The van der Waals surface area contributed by atoms with Crippen LogP contribution in [0.1, 0.15) is 44.6 Å². The summed E-state index contributed by atoms with van der Waals surface area (Å²) in [5, 5.41) is 0. The van der Waals surface area contributed by atoms with Gasteiger partial charge in [0.15, 0.2) is 11.5 Å². The van der Waals surface area contributed by atoms with Crippen LogP contribution in [0.5, 0.6) is 11.5 Å². The van der Waals surface area contributed by atoms with Crippen LogP contribution in [0.3, 0.4) is 0 Å². The highest BCUT2D eigenvalue weighted by Gasteiger charge is 2.16. The van der Waals surface area contributed by atoms with Gasteiger partial charge in [0.05, 0.1) is 0 Å². The van der Waals surface area contributed by atoms with Gasteiger partial charge in [0.2, 0.25) is 6.79 Å². The van der Waals surface area contributed by atoms with Crippen molar-refractivity contribution in [2.45, 2.75) is 39.0 Å². The first-order valence-electron chi connectivity index (χ1n) is 5.74. The average molecular weight is 206 g/mol. The second-order valence-corrected chi connectivity index (χ2v) is 4.01. The summed E-state index contributed by atoms with van der Waals surface area (Å²) in [6, 6.07) is 6.32. The summed E-state index contributed by atoms with van der Waals surface area (Å²) in [7, 11) is 0. The van der Waals surface area contributed by atoms with Crippen molar-refractivity contribution in [2.24, 2.45) is 0 Å². The minimum atomic E-state index is 0.364. The van der Waals surface area contributed by atoms with Gasteiger partial charge in [-0.05, 0) is 36.5 Å². The molecule has 0 saturated heterocycles. The molecule has 1 heterocycles. The first-order chi connectivity index (χ1) is 7.35. The van der Waals surface area contributed by atoms with Gasteiger partial charge in [-0.3, -0.25) is 0 Å². The van der Waals surface area contributed by atoms with Crippen LogP contribution in [0.2, 0.25) is 0 Å². The van der Waals surface area contributed by atoms with Gasteiger partial charge in [0, 0.05) is 0 Å². The molecular formula is C13H18O2. The quantitative estimate of drug-likeness (QED) is 0.747. The molecule has 0 bridgehead atoms. The molecule has 0 radical (unpaired) electrons. The van der Waals surface area contributed by atoms with Crippen molar-refractivity contribution in [3.8, 4) is 11.5 Å². The summed E-state index contributed by atoms with van der Waals surface area (Å²) >= 11 is 0. The number of ether oxygens (including phenoxy) is 2. The predicted octanol–water partition coefficient (Wildman–Crippen LogP) is 3.71. The lowest BCUT2D eigenvalue weighted by molar-refractivity contribution is 0.174. The monoisotopic (exact) mass is 206 g/mol. The molecule has 15 heavy (non-hydrogen) atoms. The zero-order chi connectivity index (χ0) is 10.7. The van der Waals surface area contributed by atoms with Crippen LogP contribution in [0.15, 0.2) is 18.2 Å². The van der Waals surface area contributed by atoms with E-state index in [1.807, 2.05) is 6.07 Å². The molecule has 0 aliphatic carbocycles. The van der Waals surface area contributed by atoms with Crippen molar-refractivity contribution in [1.29, 1.82) is 0 Å². The Morgan fingerprint density at radius 1 is 1.20 bits per heavy atom. The number of benzene rings is 1. The van der Waals surface area contributed by atoms with Crippen molar-refractivity contribution < 1.29 is 9.47 Å². The Labute approximate surface area is 91.2 Å². The molecule has 0 N–H and O–H groups in total. The van der Waals surface area contributed by atoms with E-state index >= 15 is 0 Å². The molecule has 82 valence electrons. The molecule has 1 aromatic carbocycles. The van der Waals surface area contributed by atoms with E-state index in [1.54, 1.807) is 0 Å². The van der Waals surface area contributed by atoms with Gasteiger partial charge in [0.1, 0.15) is 0 Å². The van der Waals surface area contributed by atoms with Crippen molar-refractivity contribution in [3.63, 3.8) is 0 Å². The van der Waals surface area contributed by atoms with E-state index < -0.39 is 0 Å². The Hall–Kier alpha value is -1.18. The zero-order valence-corrected chi connectivity index (χ0v) is 9.45. The summed E-state index contributed by atoms with van der Waals surface area (Å²) in [6.45, 7) is 4.84. The van der Waals surface area contributed by atoms with E-state index in [0.29, 0.717) is 12.7 Å². The zero-order valence-electron chi connectivity index (χ0n) is 9.45. The van der Waals surface area contributed by atoms with Gasteiger partial charge >= 0.3 is 0 Å². The molecule has 0 spiro atoms. The van der Waals surface area contributed by atoms with Crippen molar-refractivity contribution in [1.82, 2.24) is 0 Å². The summed E-state index contributed by atoms with van der Waals surface area (Å²) < 4.78 is 10.7. The maximum Gasteiger partial charge on any atom is 0.231 e. The van der Waals surface area contributed by atoms with Crippen LogP contribution in [0.25, 0.3) is 0 Å². The highest BCUT2D eigenvalue weighted by molar-refractivity contribution is 5.45. The van der Waals surface area contributed by atoms with Crippen molar-refractivity contribution in [2.75, 3.05) is 6.79 Å². The number of hydrogen-bond acceptors (Lipinski definition) is 2. The van der Waals surface area contributed by atoms with Gasteiger partial charge in [-0.1, -0.05) is 26.3 Å². The lowest BCUT2D eigenvalue weighted by Crippen LogP contribution is -1.96. The van der Waals surface area contributed by atoms with Crippen molar-refractivity contribution >= 4 is 0 Å². The normalized spacial score (nSPS) is 15.3. The summed E-state index contributed by atoms with van der Waals surface area (Å²) in [5.41, 5.74) is 1.38. The Balaban J connectivity index is 2.20. The Morgan fingerprint density at radius 2 is 2.00 bits per heavy atom. The minimum Gasteiger partial charge on any atom is -0.454 e. The maximum absolute atomic E-state index is 5.39. The molecule has 1 atom stereocenters. The molecule has 1 aliphatic heterocycles. The number of hydrogen-bond donors (Lipinski definition) is 0. The van der Waals surface area contributed by atoms with E-state index in [1.165, 1.54) is 24.8 Å². The maximum atomic E-state index is 5.39. The van der Waals surface area contributed by atoms with E-state index in [-0.39, 0.29) is 0 Å². The molecule has 0 amide bonds. The Bertz CT molecular complexity index is 333. The van der Waals surface area contributed by atoms with Crippen LogP contribution >= 0.6 is 0 Å². The van der Waals surface area contributed by atoms with Gasteiger partial charge in [-0.2, -0.15) is 0 Å². The molecule has 2 nitrogen and oxygen atoms in total.